The lowest BCUT2D eigenvalue weighted by Gasteiger charge is -2.18. The highest BCUT2D eigenvalue weighted by molar-refractivity contribution is 5.71. The Hall–Kier alpha value is -5.49. The molecule has 6 nitrogen and oxygen atoms in total. The van der Waals surface area contributed by atoms with E-state index >= 15 is 0 Å². The summed E-state index contributed by atoms with van der Waals surface area (Å²) in [4.78, 5) is 37.9. The highest BCUT2D eigenvalue weighted by Crippen LogP contribution is 2.13. The van der Waals surface area contributed by atoms with Crippen LogP contribution in [0.2, 0.25) is 0 Å². The number of ether oxygens (including phenoxy) is 3. The van der Waals surface area contributed by atoms with E-state index in [4.69, 9.17) is 14.2 Å². The molecule has 0 aliphatic heterocycles. The molecule has 452 valence electrons. The molecule has 81 heavy (non-hydrogen) atoms. The fourth-order valence-electron chi connectivity index (χ4n) is 8.14. The molecule has 0 spiro atoms. The van der Waals surface area contributed by atoms with Gasteiger partial charge in [0.2, 0.25) is 0 Å². The number of unbranched alkanes of at least 4 members (excludes halogenated alkanes) is 15. The number of hydrogen-bond acceptors (Lipinski definition) is 6. The summed E-state index contributed by atoms with van der Waals surface area (Å²) in [6.45, 7) is 6.28. The molecule has 0 aromatic rings. The van der Waals surface area contributed by atoms with Gasteiger partial charge in [0.1, 0.15) is 13.2 Å². The molecule has 0 aromatic carbocycles. The highest BCUT2D eigenvalue weighted by Gasteiger charge is 2.19. The van der Waals surface area contributed by atoms with Crippen molar-refractivity contribution in [2.24, 2.45) is 0 Å². The first-order valence-electron chi connectivity index (χ1n) is 32.3. The maximum atomic E-state index is 12.8. The van der Waals surface area contributed by atoms with Crippen LogP contribution in [0, 0.1) is 0 Å². The van der Waals surface area contributed by atoms with E-state index in [2.05, 4.69) is 203 Å². The van der Waals surface area contributed by atoms with Crippen molar-refractivity contribution in [1.29, 1.82) is 0 Å². The fourth-order valence-corrected chi connectivity index (χ4v) is 8.14. The van der Waals surface area contributed by atoms with Crippen LogP contribution in [0.25, 0.3) is 0 Å². The van der Waals surface area contributed by atoms with Crippen LogP contribution in [0.3, 0.4) is 0 Å². The van der Waals surface area contributed by atoms with Crippen molar-refractivity contribution >= 4 is 17.9 Å². The van der Waals surface area contributed by atoms with E-state index in [1.54, 1.807) is 0 Å². The second kappa shape index (κ2) is 67.0. The molecule has 0 saturated carbocycles. The molecule has 0 heterocycles. The molecule has 0 rings (SSSR count). The van der Waals surface area contributed by atoms with E-state index in [1.165, 1.54) is 12.8 Å². The average Bonchev–Trinajstić information content (AvgIpc) is 3.47. The lowest BCUT2D eigenvalue weighted by atomic mass is 10.1. The van der Waals surface area contributed by atoms with Crippen LogP contribution in [-0.2, 0) is 28.6 Å². The molecule has 0 amide bonds. The van der Waals surface area contributed by atoms with Crippen LogP contribution in [0.4, 0.5) is 0 Å². The first-order valence-corrected chi connectivity index (χ1v) is 32.3. The van der Waals surface area contributed by atoms with Crippen molar-refractivity contribution < 1.29 is 28.6 Å². The van der Waals surface area contributed by atoms with Gasteiger partial charge in [0.15, 0.2) is 6.10 Å². The topological polar surface area (TPSA) is 78.9 Å². The normalized spacial score (nSPS) is 13.4. The molecular formula is C75H116O6. The Kier molecular flexibility index (Phi) is 62.5. The molecule has 0 aliphatic carbocycles. The molecule has 0 radical (unpaired) electrons. The summed E-state index contributed by atoms with van der Waals surface area (Å²) in [5.41, 5.74) is 0. The monoisotopic (exact) mass is 1110 g/mol. The maximum Gasteiger partial charge on any atom is 0.306 e. The molecule has 1 atom stereocenters. The van der Waals surface area contributed by atoms with Gasteiger partial charge in [-0.1, -0.05) is 274 Å². The molecule has 0 fully saturated rings. The van der Waals surface area contributed by atoms with Crippen LogP contribution in [0.1, 0.15) is 252 Å². The van der Waals surface area contributed by atoms with Crippen molar-refractivity contribution in [2.75, 3.05) is 13.2 Å². The van der Waals surface area contributed by atoms with E-state index in [0.717, 1.165) is 199 Å². The predicted molar refractivity (Wildman–Crippen MR) is 352 cm³/mol. The van der Waals surface area contributed by atoms with E-state index in [1.807, 2.05) is 0 Å². The summed E-state index contributed by atoms with van der Waals surface area (Å²) in [6, 6.07) is 0. The standard InChI is InChI=1S/C75H116O6/c1-4-7-10-13-15-17-19-21-23-25-27-29-31-33-34-35-36-37-38-39-40-42-43-45-47-49-51-53-55-57-59-62-65-68-74(77)80-71-72(70-79-73(76)67-64-61-12-9-6-3)81-75(78)69-66-63-60-58-56-54-52-50-48-46-44-41-32-30-28-26-24-22-20-18-16-14-11-8-5-2/h7-8,10-11,15-18,21-24,27-30,33-34,36-37,39-41,43-45,48-51,72H,4-6,9,12-14,19-20,25-26,31-32,35,38,42,46-47,52-71H2,1-3H3/b10-7-,11-8-,17-15-,18-16-,23-21-,24-22-,29-27-,30-28-,34-33-,37-36-,40-39-,44-41-,45-43-,50-48-,51-49-. The predicted octanol–water partition coefficient (Wildman–Crippen LogP) is 22.4. The van der Waals surface area contributed by atoms with Gasteiger partial charge in [-0.25, -0.2) is 0 Å². The molecule has 0 saturated heterocycles. The fraction of sp³-hybridized carbons (Fsp3) is 0.560. The SMILES string of the molecule is CC/C=C\C/C=C\C/C=C\C/C=C\C/C=C\C/C=C\C/C=C\C/C=C\C/C=C\CCCCCCCC(=O)OCC(COC(=O)CCCCCCC)OC(=O)CCCCCCCC/C=C\C/C=C\C/C=C\C/C=C\C/C=C\C/C=C\CC. The molecule has 0 aliphatic rings. The average molecular weight is 1110 g/mol. The van der Waals surface area contributed by atoms with Gasteiger partial charge in [-0.3, -0.25) is 14.4 Å². The second-order valence-corrected chi connectivity index (χ2v) is 20.6. The Morgan fingerprint density at radius 2 is 0.481 bits per heavy atom. The summed E-state index contributed by atoms with van der Waals surface area (Å²) in [5, 5.41) is 0. The summed E-state index contributed by atoms with van der Waals surface area (Å²) < 4.78 is 16.7. The minimum Gasteiger partial charge on any atom is -0.462 e. The van der Waals surface area contributed by atoms with Gasteiger partial charge in [-0.05, 0) is 141 Å². The Bertz CT molecular complexity index is 1900. The van der Waals surface area contributed by atoms with Gasteiger partial charge >= 0.3 is 17.9 Å². The molecule has 0 bridgehead atoms. The minimum atomic E-state index is -0.801. The van der Waals surface area contributed by atoms with Crippen LogP contribution in [0.15, 0.2) is 182 Å². The van der Waals surface area contributed by atoms with Gasteiger partial charge < -0.3 is 14.2 Å². The zero-order valence-electron chi connectivity index (χ0n) is 51.7. The summed E-state index contributed by atoms with van der Waals surface area (Å²) in [6.07, 6.45) is 101. The summed E-state index contributed by atoms with van der Waals surface area (Å²) >= 11 is 0. The number of rotatable bonds is 56. The van der Waals surface area contributed by atoms with Crippen molar-refractivity contribution in [2.45, 2.75) is 258 Å². The maximum absolute atomic E-state index is 12.8. The molecule has 1 unspecified atom stereocenters. The number of allylic oxidation sites excluding steroid dienone is 30. The Morgan fingerprint density at radius 1 is 0.259 bits per heavy atom. The Balaban J connectivity index is 4.18. The quantitative estimate of drug-likeness (QED) is 0.0261. The first-order chi connectivity index (χ1) is 40.0. The Morgan fingerprint density at radius 3 is 0.753 bits per heavy atom. The van der Waals surface area contributed by atoms with Crippen molar-refractivity contribution in [3.63, 3.8) is 0 Å². The van der Waals surface area contributed by atoms with E-state index < -0.39 is 6.10 Å². The van der Waals surface area contributed by atoms with Crippen molar-refractivity contribution in [1.82, 2.24) is 0 Å². The van der Waals surface area contributed by atoms with Gasteiger partial charge in [-0.2, -0.15) is 0 Å². The van der Waals surface area contributed by atoms with Gasteiger partial charge in [0.25, 0.3) is 0 Å². The lowest BCUT2D eigenvalue weighted by Crippen LogP contribution is -2.30. The number of carbonyl (C=O) groups excluding carboxylic acids is 3. The highest BCUT2D eigenvalue weighted by atomic mass is 16.6. The number of hydrogen-bond donors (Lipinski definition) is 0. The van der Waals surface area contributed by atoms with Gasteiger partial charge in [0, 0.05) is 19.3 Å². The molecule has 0 N–H and O–H groups in total. The number of esters is 3. The van der Waals surface area contributed by atoms with Gasteiger partial charge in [-0.15, -0.1) is 0 Å². The lowest BCUT2D eigenvalue weighted by molar-refractivity contribution is -0.167. The molecule has 0 aromatic heterocycles. The van der Waals surface area contributed by atoms with Crippen LogP contribution in [0.5, 0.6) is 0 Å². The van der Waals surface area contributed by atoms with Crippen LogP contribution >= 0.6 is 0 Å². The summed E-state index contributed by atoms with van der Waals surface area (Å²) in [5.74, 6) is -0.957. The molecule has 6 heteroatoms. The van der Waals surface area contributed by atoms with E-state index in [0.29, 0.717) is 19.3 Å². The van der Waals surface area contributed by atoms with Gasteiger partial charge in [0.05, 0.1) is 0 Å². The largest absolute Gasteiger partial charge is 0.462 e. The van der Waals surface area contributed by atoms with Crippen LogP contribution in [-0.4, -0.2) is 37.2 Å². The zero-order chi connectivity index (χ0) is 58.5. The van der Waals surface area contributed by atoms with Crippen molar-refractivity contribution in [3.8, 4) is 0 Å². The summed E-state index contributed by atoms with van der Waals surface area (Å²) in [7, 11) is 0. The van der Waals surface area contributed by atoms with Crippen molar-refractivity contribution in [3.05, 3.63) is 182 Å². The third kappa shape index (κ3) is 65.2. The smallest absolute Gasteiger partial charge is 0.306 e. The zero-order valence-corrected chi connectivity index (χ0v) is 51.7. The van der Waals surface area contributed by atoms with Crippen LogP contribution < -0.4 is 0 Å². The van der Waals surface area contributed by atoms with E-state index in [-0.39, 0.29) is 31.1 Å². The first kappa shape index (κ1) is 75.5. The van der Waals surface area contributed by atoms with E-state index in [9.17, 15) is 14.4 Å². The number of carbonyl (C=O) groups is 3. The third-order valence-electron chi connectivity index (χ3n) is 12.9. The Labute approximate surface area is 497 Å². The molecular weight excluding hydrogens is 997 g/mol. The second-order valence-electron chi connectivity index (χ2n) is 20.6. The minimum absolute atomic E-state index is 0.0992. The third-order valence-corrected chi connectivity index (χ3v) is 12.9.